The van der Waals surface area contributed by atoms with Gasteiger partial charge in [0.1, 0.15) is 5.75 Å². The van der Waals surface area contributed by atoms with Crippen molar-refractivity contribution in [2.24, 2.45) is 5.92 Å². The first-order valence-corrected chi connectivity index (χ1v) is 7.13. The lowest BCUT2D eigenvalue weighted by Crippen LogP contribution is -2.16. The molecule has 0 saturated heterocycles. The van der Waals surface area contributed by atoms with Gasteiger partial charge in [0.25, 0.3) is 0 Å². The molecule has 0 aromatic heterocycles. The molecule has 1 rings (SSSR count). The Morgan fingerprint density at radius 3 is 2.47 bits per heavy atom. The van der Waals surface area contributed by atoms with E-state index < -0.39 is 0 Å². The highest BCUT2D eigenvalue weighted by atomic mass is 16.5. The molecule has 0 aliphatic carbocycles. The lowest BCUT2D eigenvalue weighted by molar-refractivity contribution is 0.194. The number of hydrogen-bond donors (Lipinski definition) is 1. The normalized spacial score (nSPS) is 10.9. The molecule has 19 heavy (non-hydrogen) atoms. The van der Waals surface area contributed by atoms with Gasteiger partial charge < -0.3 is 14.8 Å². The van der Waals surface area contributed by atoms with E-state index >= 15 is 0 Å². The highest BCUT2D eigenvalue weighted by molar-refractivity contribution is 5.27. The Kier molecular flexibility index (Phi) is 8.26. The van der Waals surface area contributed by atoms with Gasteiger partial charge >= 0.3 is 0 Å². The molecule has 0 fully saturated rings. The van der Waals surface area contributed by atoms with Gasteiger partial charge in [-0.05, 0) is 43.0 Å². The Labute approximate surface area is 117 Å². The van der Waals surface area contributed by atoms with Crippen molar-refractivity contribution in [1.82, 2.24) is 5.32 Å². The van der Waals surface area contributed by atoms with Crippen molar-refractivity contribution in [3.8, 4) is 5.75 Å². The predicted molar refractivity (Wildman–Crippen MR) is 79.6 cm³/mol. The molecule has 108 valence electrons. The van der Waals surface area contributed by atoms with E-state index in [2.05, 4.69) is 31.3 Å². The van der Waals surface area contributed by atoms with E-state index in [1.807, 2.05) is 12.1 Å². The third-order valence-electron chi connectivity index (χ3n) is 2.92. The van der Waals surface area contributed by atoms with Crippen LogP contribution in [0, 0.1) is 5.92 Å². The van der Waals surface area contributed by atoms with Crippen LogP contribution >= 0.6 is 0 Å². The largest absolute Gasteiger partial charge is 0.494 e. The molecule has 3 nitrogen and oxygen atoms in total. The average Bonchev–Trinajstić information content (AvgIpc) is 2.40. The van der Waals surface area contributed by atoms with Gasteiger partial charge in [0.05, 0.1) is 6.61 Å². The molecule has 1 aromatic carbocycles. The Morgan fingerprint density at radius 1 is 1.11 bits per heavy atom. The minimum atomic E-state index is 0.690. The smallest absolute Gasteiger partial charge is 0.119 e. The number of hydrogen-bond acceptors (Lipinski definition) is 3. The predicted octanol–water partition coefficient (Wildman–Crippen LogP) is 3.24. The van der Waals surface area contributed by atoms with E-state index in [1.165, 1.54) is 5.56 Å². The lowest BCUT2D eigenvalue weighted by atomic mass is 10.1. The zero-order valence-corrected chi connectivity index (χ0v) is 12.4. The summed E-state index contributed by atoms with van der Waals surface area (Å²) in [5, 5.41) is 3.39. The quantitative estimate of drug-likeness (QED) is 0.659. The fraction of sp³-hybridized carbons (Fsp3) is 0.625. The number of nitrogens with one attached hydrogen (secondary N) is 1. The number of rotatable bonds is 10. The molecule has 0 atom stereocenters. The fourth-order valence-corrected chi connectivity index (χ4v) is 1.69. The molecule has 0 aliphatic heterocycles. The maximum absolute atomic E-state index is 5.69. The first-order valence-electron chi connectivity index (χ1n) is 7.13. The first kappa shape index (κ1) is 16.0. The minimum absolute atomic E-state index is 0.690. The maximum Gasteiger partial charge on any atom is 0.119 e. The van der Waals surface area contributed by atoms with Crippen molar-refractivity contribution in [2.45, 2.75) is 33.2 Å². The van der Waals surface area contributed by atoms with Crippen molar-refractivity contribution < 1.29 is 9.47 Å². The summed E-state index contributed by atoms with van der Waals surface area (Å²) < 4.78 is 10.7. The van der Waals surface area contributed by atoms with Crippen LogP contribution in [0.4, 0.5) is 0 Å². The Morgan fingerprint density at radius 2 is 1.84 bits per heavy atom. The first-order chi connectivity index (χ1) is 9.22. The minimum Gasteiger partial charge on any atom is -0.494 e. The van der Waals surface area contributed by atoms with E-state index in [0.717, 1.165) is 44.9 Å². The van der Waals surface area contributed by atoms with E-state index in [9.17, 15) is 0 Å². The molecular formula is C16H27NO2. The van der Waals surface area contributed by atoms with Crippen LogP contribution in [0.2, 0.25) is 0 Å². The molecule has 0 heterocycles. The second-order valence-electron chi connectivity index (χ2n) is 5.20. The number of benzene rings is 1. The third kappa shape index (κ3) is 7.85. The topological polar surface area (TPSA) is 30.5 Å². The average molecular weight is 265 g/mol. The van der Waals surface area contributed by atoms with Crippen LogP contribution in [0.25, 0.3) is 0 Å². The molecule has 0 unspecified atom stereocenters. The molecule has 1 aromatic rings. The van der Waals surface area contributed by atoms with Crippen LogP contribution in [0.15, 0.2) is 24.3 Å². The van der Waals surface area contributed by atoms with Gasteiger partial charge in [0, 0.05) is 20.3 Å². The van der Waals surface area contributed by atoms with E-state index in [4.69, 9.17) is 9.47 Å². The van der Waals surface area contributed by atoms with Crippen LogP contribution < -0.4 is 10.1 Å². The summed E-state index contributed by atoms with van der Waals surface area (Å²) in [6, 6.07) is 8.33. The molecule has 3 heteroatoms. The molecular weight excluding hydrogens is 238 g/mol. The molecule has 0 spiro atoms. The molecule has 1 N–H and O–H groups in total. The highest BCUT2D eigenvalue weighted by Crippen LogP contribution is 2.13. The van der Waals surface area contributed by atoms with Crippen LogP contribution in [-0.2, 0) is 11.3 Å². The Bertz CT molecular complexity index is 322. The number of ether oxygens (including phenoxy) is 2. The van der Waals surface area contributed by atoms with Gasteiger partial charge in [0.2, 0.25) is 0 Å². The van der Waals surface area contributed by atoms with Crippen LogP contribution in [-0.4, -0.2) is 26.9 Å². The number of methoxy groups -OCH3 is 1. The van der Waals surface area contributed by atoms with Gasteiger partial charge in [-0.15, -0.1) is 0 Å². The van der Waals surface area contributed by atoms with Crippen LogP contribution in [0.1, 0.15) is 32.3 Å². The van der Waals surface area contributed by atoms with Gasteiger partial charge in [-0.3, -0.25) is 0 Å². The molecule has 0 aliphatic rings. The van der Waals surface area contributed by atoms with E-state index in [0.29, 0.717) is 5.92 Å². The van der Waals surface area contributed by atoms with Crippen molar-refractivity contribution in [2.75, 3.05) is 26.9 Å². The van der Waals surface area contributed by atoms with Gasteiger partial charge in [-0.25, -0.2) is 0 Å². The lowest BCUT2D eigenvalue weighted by Gasteiger charge is -2.09. The van der Waals surface area contributed by atoms with Gasteiger partial charge in [0.15, 0.2) is 0 Å². The van der Waals surface area contributed by atoms with Crippen LogP contribution in [0.5, 0.6) is 5.75 Å². The van der Waals surface area contributed by atoms with Gasteiger partial charge in [-0.2, -0.15) is 0 Å². The molecule has 0 bridgehead atoms. The maximum atomic E-state index is 5.69. The standard InChI is InChI=1S/C16H27NO2/c1-14(2)9-12-19-16-7-5-15(6-8-16)13-17-10-4-11-18-3/h5-8,14,17H,4,9-13H2,1-3H3. The fourth-order valence-electron chi connectivity index (χ4n) is 1.69. The SMILES string of the molecule is COCCCNCc1ccc(OCCC(C)C)cc1. The molecule has 0 radical (unpaired) electrons. The molecule has 0 amide bonds. The van der Waals surface area contributed by atoms with Crippen molar-refractivity contribution >= 4 is 0 Å². The summed E-state index contributed by atoms with van der Waals surface area (Å²) in [7, 11) is 1.73. The van der Waals surface area contributed by atoms with E-state index in [1.54, 1.807) is 7.11 Å². The second-order valence-corrected chi connectivity index (χ2v) is 5.20. The van der Waals surface area contributed by atoms with Crippen LogP contribution in [0.3, 0.4) is 0 Å². The third-order valence-corrected chi connectivity index (χ3v) is 2.92. The zero-order valence-electron chi connectivity index (χ0n) is 12.4. The summed E-state index contributed by atoms with van der Waals surface area (Å²) in [6.07, 6.45) is 2.15. The van der Waals surface area contributed by atoms with E-state index in [-0.39, 0.29) is 0 Å². The Hall–Kier alpha value is -1.06. The monoisotopic (exact) mass is 265 g/mol. The van der Waals surface area contributed by atoms with Crippen molar-refractivity contribution in [1.29, 1.82) is 0 Å². The second kappa shape index (κ2) is 9.82. The summed E-state index contributed by atoms with van der Waals surface area (Å²) in [6.45, 7) is 7.92. The molecule has 0 saturated carbocycles. The van der Waals surface area contributed by atoms with Gasteiger partial charge in [-0.1, -0.05) is 26.0 Å². The van der Waals surface area contributed by atoms with Crippen molar-refractivity contribution in [3.63, 3.8) is 0 Å². The van der Waals surface area contributed by atoms with Crippen molar-refractivity contribution in [3.05, 3.63) is 29.8 Å². The highest BCUT2D eigenvalue weighted by Gasteiger charge is 1.98. The summed E-state index contributed by atoms with van der Waals surface area (Å²) in [4.78, 5) is 0. The summed E-state index contributed by atoms with van der Waals surface area (Å²) in [5.74, 6) is 1.65. The summed E-state index contributed by atoms with van der Waals surface area (Å²) in [5.41, 5.74) is 1.29. The summed E-state index contributed by atoms with van der Waals surface area (Å²) >= 11 is 0. The Balaban J connectivity index is 2.19. The zero-order chi connectivity index (χ0) is 13.9.